The minimum atomic E-state index is -0.674. The van der Waals surface area contributed by atoms with Crippen molar-refractivity contribution in [2.24, 2.45) is 34.5 Å². The minimum absolute atomic E-state index is 0.0303. The van der Waals surface area contributed by atoms with Crippen LogP contribution < -0.4 is 0 Å². The van der Waals surface area contributed by atoms with Crippen LogP contribution in [0.3, 0.4) is 0 Å². The number of rotatable bonds is 2. The van der Waals surface area contributed by atoms with Gasteiger partial charge in [-0.05, 0) is 98.7 Å². The molecule has 0 aromatic rings. The Bertz CT molecular complexity index is 607. The van der Waals surface area contributed by atoms with Crippen LogP contribution in [0.1, 0.15) is 78.1 Å². The third-order valence-corrected chi connectivity index (χ3v) is 12.0. The first-order chi connectivity index (χ1) is 13.3. The van der Waals surface area contributed by atoms with Gasteiger partial charge in [-0.15, -0.1) is 0 Å². The Labute approximate surface area is 179 Å². The maximum Gasteiger partial charge on any atom is 0.0945 e. The SMILES string of the molecule is CO[C@H]1CC[C@@]2(C)C(C1)C(O)(C1CCCO1)C[C@H]1[C@@H]3CC[C@H](Br)[C@@]3(C)CC[C@@H]12. The molecule has 5 rings (SSSR count). The molecule has 0 amide bonds. The van der Waals surface area contributed by atoms with E-state index in [1.165, 1.54) is 32.1 Å². The summed E-state index contributed by atoms with van der Waals surface area (Å²) in [5, 5.41) is 12.4. The van der Waals surface area contributed by atoms with Crippen LogP contribution in [0.25, 0.3) is 0 Å². The Kier molecular flexibility index (Phi) is 5.02. The van der Waals surface area contributed by atoms with E-state index in [0.29, 0.717) is 28.2 Å². The summed E-state index contributed by atoms with van der Waals surface area (Å²) in [7, 11) is 1.85. The van der Waals surface area contributed by atoms with Gasteiger partial charge in [-0.25, -0.2) is 0 Å². The van der Waals surface area contributed by atoms with Crippen molar-refractivity contribution in [1.29, 1.82) is 0 Å². The van der Waals surface area contributed by atoms with E-state index in [9.17, 15) is 5.11 Å². The zero-order chi connectivity index (χ0) is 19.7. The van der Waals surface area contributed by atoms with E-state index in [0.717, 1.165) is 50.5 Å². The Morgan fingerprint density at radius 3 is 2.46 bits per heavy atom. The smallest absolute Gasteiger partial charge is 0.0945 e. The third kappa shape index (κ3) is 2.69. The molecule has 0 aromatic carbocycles. The highest BCUT2D eigenvalue weighted by Crippen LogP contribution is 2.69. The first-order valence-corrected chi connectivity index (χ1v) is 12.8. The van der Waals surface area contributed by atoms with Gasteiger partial charge in [0.05, 0.1) is 17.8 Å². The Morgan fingerprint density at radius 2 is 1.75 bits per heavy atom. The van der Waals surface area contributed by atoms with Gasteiger partial charge in [0, 0.05) is 18.5 Å². The number of fused-ring (bicyclic) bond motifs is 5. The second-order valence-corrected chi connectivity index (χ2v) is 12.5. The molecule has 1 saturated heterocycles. The summed E-state index contributed by atoms with van der Waals surface area (Å²) < 4.78 is 12.0. The molecule has 0 radical (unpaired) electrons. The molecule has 4 heteroatoms. The van der Waals surface area contributed by atoms with E-state index in [4.69, 9.17) is 9.47 Å². The molecule has 3 unspecified atom stereocenters. The summed E-state index contributed by atoms with van der Waals surface area (Å²) in [6.45, 7) is 5.88. The zero-order valence-electron chi connectivity index (χ0n) is 18.0. The monoisotopic (exact) mass is 454 g/mol. The van der Waals surface area contributed by atoms with E-state index in [2.05, 4.69) is 29.8 Å². The minimum Gasteiger partial charge on any atom is -0.387 e. The average molecular weight is 455 g/mol. The van der Waals surface area contributed by atoms with Gasteiger partial charge >= 0.3 is 0 Å². The molecular formula is C24H39BrO3. The zero-order valence-corrected chi connectivity index (χ0v) is 19.5. The Hall–Kier alpha value is 0.360. The molecule has 1 heterocycles. The molecule has 10 atom stereocenters. The van der Waals surface area contributed by atoms with E-state index >= 15 is 0 Å². The lowest BCUT2D eigenvalue weighted by atomic mass is 9.41. The number of methoxy groups -OCH3 is 1. The van der Waals surface area contributed by atoms with Crippen molar-refractivity contribution in [1.82, 2.24) is 0 Å². The standard InChI is InChI=1S/C24H39BrO3/c1-22-10-8-15(27-3)13-19(22)24(26,21-5-4-12-28-21)14-16-17-6-7-20(25)23(17,2)11-9-18(16)22/h15-21,26H,4-14H2,1-3H3/t15-,16-,17-,18-,19?,20-,21?,22+,23-,24?/m0/s1. The number of aliphatic hydroxyl groups is 1. The van der Waals surface area contributed by atoms with Gasteiger partial charge in [-0.1, -0.05) is 29.8 Å². The van der Waals surface area contributed by atoms with Crippen molar-refractivity contribution in [2.75, 3.05) is 13.7 Å². The summed E-state index contributed by atoms with van der Waals surface area (Å²) in [4.78, 5) is 0.650. The van der Waals surface area contributed by atoms with Crippen LogP contribution in [0, 0.1) is 34.5 Å². The first kappa shape index (κ1) is 20.3. The lowest BCUT2D eigenvalue weighted by Crippen LogP contribution is -2.66. The topological polar surface area (TPSA) is 38.7 Å². The fourth-order valence-electron chi connectivity index (χ4n) is 8.90. The first-order valence-electron chi connectivity index (χ1n) is 11.8. The second-order valence-electron chi connectivity index (χ2n) is 11.4. The van der Waals surface area contributed by atoms with E-state index in [1.807, 2.05) is 7.11 Å². The average Bonchev–Trinajstić information content (AvgIpc) is 3.31. The molecule has 0 aromatic heterocycles. The molecule has 0 bridgehead atoms. The fourth-order valence-corrected chi connectivity index (χ4v) is 9.74. The van der Waals surface area contributed by atoms with Gasteiger partial charge in [0.2, 0.25) is 0 Å². The van der Waals surface area contributed by atoms with Crippen LogP contribution in [0.5, 0.6) is 0 Å². The number of ether oxygens (including phenoxy) is 2. The van der Waals surface area contributed by atoms with Gasteiger partial charge in [0.25, 0.3) is 0 Å². The summed E-state index contributed by atoms with van der Waals surface area (Å²) >= 11 is 4.04. The summed E-state index contributed by atoms with van der Waals surface area (Å²) in [5.74, 6) is 2.47. The fraction of sp³-hybridized carbons (Fsp3) is 1.00. The molecule has 1 aliphatic heterocycles. The van der Waals surface area contributed by atoms with Crippen molar-refractivity contribution in [3.05, 3.63) is 0 Å². The highest BCUT2D eigenvalue weighted by atomic mass is 79.9. The van der Waals surface area contributed by atoms with Gasteiger partial charge in [-0.2, -0.15) is 0 Å². The van der Waals surface area contributed by atoms with E-state index < -0.39 is 5.60 Å². The molecule has 4 aliphatic carbocycles. The van der Waals surface area contributed by atoms with E-state index in [-0.39, 0.29) is 11.5 Å². The van der Waals surface area contributed by atoms with Gasteiger partial charge < -0.3 is 14.6 Å². The quantitative estimate of drug-likeness (QED) is 0.573. The van der Waals surface area contributed by atoms with Gasteiger partial charge in [0.15, 0.2) is 0 Å². The van der Waals surface area contributed by atoms with Crippen molar-refractivity contribution < 1.29 is 14.6 Å². The van der Waals surface area contributed by atoms with Gasteiger partial charge in [-0.3, -0.25) is 0 Å². The predicted molar refractivity (Wildman–Crippen MR) is 115 cm³/mol. The molecule has 3 nitrogen and oxygen atoms in total. The van der Waals surface area contributed by atoms with Gasteiger partial charge in [0.1, 0.15) is 0 Å². The second kappa shape index (κ2) is 6.93. The number of alkyl halides is 1. The predicted octanol–water partition coefficient (Wildman–Crippen LogP) is 5.33. The Balaban J connectivity index is 1.55. The van der Waals surface area contributed by atoms with Crippen LogP contribution in [-0.2, 0) is 9.47 Å². The largest absolute Gasteiger partial charge is 0.387 e. The summed E-state index contributed by atoms with van der Waals surface area (Å²) in [5.41, 5.74) is -0.0395. The van der Waals surface area contributed by atoms with Crippen LogP contribution >= 0.6 is 15.9 Å². The van der Waals surface area contributed by atoms with Crippen LogP contribution in [0.15, 0.2) is 0 Å². The number of hydrogen-bond acceptors (Lipinski definition) is 3. The molecule has 5 aliphatic rings. The highest BCUT2D eigenvalue weighted by Gasteiger charge is 2.67. The molecule has 160 valence electrons. The molecule has 0 spiro atoms. The molecule has 4 saturated carbocycles. The molecule has 5 fully saturated rings. The number of hydrogen-bond donors (Lipinski definition) is 1. The van der Waals surface area contributed by atoms with Crippen LogP contribution in [0.2, 0.25) is 0 Å². The molecule has 28 heavy (non-hydrogen) atoms. The third-order valence-electron chi connectivity index (χ3n) is 10.5. The maximum atomic E-state index is 12.4. The Morgan fingerprint density at radius 1 is 1.00 bits per heavy atom. The van der Waals surface area contributed by atoms with Crippen molar-refractivity contribution in [3.63, 3.8) is 0 Å². The normalized spacial score (nSPS) is 58.8. The lowest BCUT2D eigenvalue weighted by molar-refractivity contribution is -0.246. The summed E-state index contributed by atoms with van der Waals surface area (Å²) in [6.07, 6.45) is 12.1. The number of halogens is 1. The van der Waals surface area contributed by atoms with E-state index in [1.54, 1.807) is 0 Å². The van der Waals surface area contributed by atoms with Crippen molar-refractivity contribution in [2.45, 2.75) is 101 Å². The van der Waals surface area contributed by atoms with Crippen molar-refractivity contribution in [3.8, 4) is 0 Å². The molecular weight excluding hydrogens is 416 g/mol. The molecule has 1 N–H and O–H groups in total. The van der Waals surface area contributed by atoms with Crippen molar-refractivity contribution >= 4 is 15.9 Å². The lowest BCUT2D eigenvalue weighted by Gasteiger charge is -2.66. The maximum absolute atomic E-state index is 12.4. The summed E-state index contributed by atoms with van der Waals surface area (Å²) in [6, 6.07) is 0. The van der Waals surface area contributed by atoms with Crippen LogP contribution in [-0.4, -0.2) is 41.5 Å². The van der Waals surface area contributed by atoms with Crippen LogP contribution in [0.4, 0.5) is 0 Å². The highest BCUT2D eigenvalue weighted by molar-refractivity contribution is 9.09.